The van der Waals surface area contributed by atoms with Crippen LogP contribution in [-0.2, 0) is 11.3 Å². The summed E-state index contributed by atoms with van der Waals surface area (Å²) >= 11 is 5.89. The molecule has 0 aliphatic carbocycles. The van der Waals surface area contributed by atoms with Gasteiger partial charge in [-0.25, -0.2) is 0 Å². The van der Waals surface area contributed by atoms with Crippen LogP contribution in [0.2, 0.25) is 5.02 Å². The standard InChI is InChI=1S/C16H19ClN6O.ClH/c17-12-3-1-11(2-4-12)16-19-21-22(20-16)10-15(24)23-13-5-6-14(23)9-18-8-7-13;/h1-4,13-14,18H,5-10H2;1H. The van der Waals surface area contributed by atoms with Crippen LogP contribution in [0.15, 0.2) is 24.3 Å². The van der Waals surface area contributed by atoms with Crippen LogP contribution < -0.4 is 5.32 Å². The molecule has 2 saturated heterocycles. The number of aromatic nitrogens is 4. The summed E-state index contributed by atoms with van der Waals surface area (Å²) in [6.45, 7) is 1.99. The Labute approximate surface area is 157 Å². The van der Waals surface area contributed by atoms with E-state index in [4.69, 9.17) is 11.6 Å². The van der Waals surface area contributed by atoms with Gasteiger partial charge in [-0.2, -0.15) is 4.80 Å². The van der Waals surface area contributed by atoms with Gasteiger partial charge in [0.2, 0.25) is 11.7 Å². The highest BCUT2D eigenvalue weighted by Gasteiger charge is 2.38. The Morgan fingerprint density at radius 2 is 1.96 bits per heavy atom. The lowest BCUT2D eigenvalue weighted by atomic mass is 10.1. The molecule has 1 amide bonds. The van der Waals surface area contributed by atoms with E-state index in [1.807, 2.05) is 17.0 Å². The molecule has 4 rings (SSSR count). The molecule has 1 aromatic carbocycles. The zero-order chi connectivity index (χ0) is 16.5. The SMILES string of the molecule is Cl.O=C(Cn1nnc(-c2ccc(Cl)cc2)n1)N1C2CCNCC1CC2. The molecule has 0 saturated carbocycles. The molecule has 7 nitrogen and oxygen atoms in total. The van der Waals surface area contributed by atoms with Crippen LogP contribution >= 0.6 is 24.0 Å². The zero-order valence-corrected chi connectivity index (χ0v) is 15.2. The maximum atomic E-state index is 12.7. The number of fused-ring (bicyclic) bond motifs is 2. The van der Waals surface area contributed by atoms with Gasteiger partial charge in [0.15, 0.2) is 0 Å². The van der Waals surface area contributed by atoms with E-state index in [0.29, 0.717) is 22.9 Å². The van der Waals surface area contributed by atoms with Crippen molar-refractivity contribution in [3.63, 3.8) is 0 Å². The number of amides is 1. The molecule has 1 aromatic heterocycles. The third-order valence-electron chi connectivity index (χ3n) is 4.77. The third-order valence-corrected chi connectivity index (χ3v) is 5.03. The Hall–Kier alpha value is -1.70. The summed E-state index contributed by atoms with van der Waals surface area (Å²) in [5.41, 5.74) is 0.831. The Bertz CT molecular complexity index is 720. The summed E-state index contributed by atoms with van der Waals surface area (Å²) < 4.78 is 0. The molecule has 2 unspecified atom stereocenters. The molecule has 25 heavy (non-hydrogen) atoms. The lowest BCUT2D eigenvalue weighted by Crippen LogP contribution is -2.44. The molecule has 9 heteroatoms. The average Bonchev–Trinajstić information content (AvgIpc) is 3.11. The quantitative estimate of drug-likeness (QED) is 0.875. The van der Waals surface area contributed by atoms with Gasteiger partial charge in [-0.1, -0.05) is 11.6 Å². The summed E-state index contributed by atoms with van der Waals surface area (Å²) in [5.74, 6) is 0.575. The number of nitrogens with one attached hydrogen (secondary N) is 1. The second-order valence-electron chi connectivity index (χ2n) is 6.33. The number of tetrazole rings is 1. The van der Waals surface area contributed by atoms with E-state index >= 15 is 0 Å². The lowest BCUT2D eigenvalue weighted by molar-refractivity contribution is -0.134. The van der Waals surface area contributed by atoms with Crippen molar-refractivity contribution in [2.75, 3.05) is 13.1 Å². The summed E-state index contributed by atoms with van der Waals surface area (Å²) in [5, 5.41) is 16.5. The van der Waals surface area contributed by atoms with E-state index in [2.05, 4.69) is 20.7 Å². The first-order valence-electron chi connectivity index (χ1n) is 8.26. The molecule has 134 valence electrons. The highest BCUT2D eigenvalue weighted by atomic mass is 35.5. The van der Waals surface area contributed by atoms with Crippen molar-refractivity contribution in [2.24, 2.45) is 0 Å². The predicted molar refractivity (Wildman–Crippen MR) is 96.7 cm³/mol. The average molecular weight is 383 g/mol. The first kappa shape index (κ1) is 18.1. The van der Waals surface area contributed by atoms with Crippen molar-refractivity contribution in [1.82, 2.24) is 30.4 Å². The molecule has 2 bridgehead atoms. The van der Waals surface area contributed by atoms with E-state index in [0.717, 1.165) is 37.9 Å². The smallest absolute Gasteiger partial charge is 0.246 e. The number of halogens is 2. The monoisotopic (exact) mass is 382 g/mol. The highest BCUT2D eigenvalue weighted by molar-refractivity contribution is 6.30. The molecule has 0 radical (unpaired) electrons. The number of hydrogen-bond acceptors (Lipinski definition) is 5. The molecule has 2 fully saturated rings. The first-order chi connectivity index (χ1) is 11.7. The number of benzene rings is 1. The van der Waals surface area contributed by atoms with Crippen molar-refractivity contribution in [3.05, 3.63) is 29.3 Å². The van der Waals surface area contributed by atoms with Crippen molar-refractivity contribution in [2.45, 2.75) is 37.9 Å². The van der Waals surface area contributed by atoms with Crippen LogP contribution in [-0.4, -0.2) is 56.2 Å². The van der Waals surface area contributed by atoms with E-state index in [9.17, 15) is 4.79 Å². The van der Waals surface area contributed by atoms with Crippen LogP contribution in [0.25, 0.3) is 11.4 Å². The molecule has 2 aliphatic heterocycles. The van der Waals surface area contributed by atoms with Crippen LogP contribution in [0.4, 0.5) is 0 Å². The van der Waals surface area contributed by atoms with Crippen LogP contribution in [0.5, 0.6) is 0 Å². The van der Waals surface area contributed by atoms with Gasteiger partial charge in [0.1, 0.15) is 6.54 Å². The van der Waals surface area contributed by atoms with Gasteiger partial charge in [0, 0.05) is 29.2 Å². The van der Waals surface area contributed by atoms with Gasteiger partial charge >= 0.3 is 0 Å². The van der Waals surface area contributed by atoms with Gasteiger partial charge in [0.05, 0.1) is 0 Å². The zero-order valence-electron chi connectivity index (χ0n) is 13.6. The highest BCUT2D eigenvalue weighted by Crippen LogP contribution is 2.28. The fraction of sp³-hybridized carbons (Fsp3) is 0.500. The van der Waals surface area contributed by atoms with Crippen molar-refractivity contribution < 1.29 is 4.79 Å². The van der Waals surface area contributed by atoms with E-state index in [1.165, 1.54) is 4.80 Å². The molecule has 1 N–H and O–H groups in total. The minimum atomic E-state index is 0. The molecule has 3 heterocycles. The second-order valence-corrected chi connectivity index (χ2v) is 6.77. The molecular formula is C16H20Cl2N6O. The maximum absolute atomic E-state index is 12.7. The summed E-state index contributed by atoms with van der Waals surface area (Å²) in [4.78, 5) is 16.1. The molecule has 2 aliphatic rings. The maximum Gasteiger partial charge on any atom is 0.246 e. The number of rotatable bonds is 3. The van der Waals surface area contributed by atoms with Gasteiger partial charge in [-0.3, -0.25) is 4.79 Å². The Morgan fingerprint density at radius 3 is 2.76 bits per heavy atom. The van der Waals surface area contributed by atoms with Crippen molar-refractivity contribution >= 4 is 29.9 Å². The third kappa shape index (κ3) is 3.78. The normalized spacial score (nSPS) is 22.4. The Balaban J connectivity index is 0.00000182. The lowest BCUT2D eigenvalue weighted by Gasteiger charge is -2.27. The number of carbonyl (C=O) groups excluding carboxylic acids is 1. The first-order valence-corrected chi connectivity index (χ1v) is 8.64. The number of carbonyl (C=O) groups is 1. The summed E-state index contributed by atoms with van der Waals surface area (Å²) in [6.07, 6.45) is 3.19. The van der Waals surface area contributed by atoms with Gasteiger partial charge < -0.3 is 10.2 Å². The van der Waals surface area contributed by atoms with E-state index in [1.54, 1.807) is 12.1 Å². The van der Waals surface area contributed by atoms with Crippen molar-refractivity contribution in [1.29, 1.82) is 0 Å². The molecular weight excluding hydrogens is 363 g/mol. The minimum Gasteiger partial charge on any atom is -0.334 e. The fourth-order valence-corrected chi connectivity index (χ4v) is 3.74. The summed E-state index contributed by atoms with van der Waals surface area (Å²) in [7, 11) is 0. The molecule has 0 spiro atoms. The molecule has 2 aromatic rings. The van der Waals surface area contributed by atoms with Crippen LogP contribution in [0, 0.1) is 0 Å². The van der Waals surface area contributed by atoms with Gasteiger partial charge in [-0.15, -0.1) is 22.6 Å². The second kappa shape index (κ2) is 7.68. The Morgan fingerprint density at radius 1 is 1.20 bits per heavy atom. The van der Waals surface area contributed by atoms with E-state index in [-0.39, 0.29) is 24.9 Å². The Kier molecular flexibility index (Phi) is 5.56. The fourth-order valence-electron chi connectivity index (χ4n) is 3.62. The number of nitrogens with zero attached hydrogens (tertiary/aromatic N) is 5. The van der Waals surface area contributed by atoms with Gasteiger partial charge in [0.25, 0.3) is 0 Å². The predicted octanol–water partition coefficient (Wildman–Crippen LogP) is 1.77. The largest absolute Gasteiger partial charge is 0.334 e. The van der Waals surface area contributed by atoms with Gasteiger partial charge in [-0.05, 0) is 55.3 Å². The topological polar surface area (TPSA) is 75.9 Å². The summed E-state index contributed by atoms with van der Waals surface area (Å²) in [6, 6.07) is 7.88. The van der Waals surface area contributed by atoms with Crippen molar-refractivity contribution in [3.8, 4) is 11.4 Å². The van der Waals surface area contributed by atoms with Crippen LogP contribution in [0.1, 0.15) is 19.3 Å². The van der Waals surface area contributed by atoms with Crippen LogP contribution in [0.3, 0.4) is 0 Å². The number of hydrogen-bond donors (Lipinski definition) is 1. The van der Waals surface area contributed by atoms with E-state index < -0.39 is 0 Å². The molecule has 2 atom stereocenters. The minimum absolute atomic E-state index is 0.